The Morgan fingerprint density at radius 3 is 1.92 bits per heavy atom. The molecule has 0 aliphatic heterocycles. The molecule has 12 heavy (non-hydrogen) atoms. The zero-order valence-electron chi connectivity index (χ0n) is 7.72. The second kappa shape index (κ2) is 4.54. The second-order valence-corrected chi connectivity index (χ2v) is 2.55. The van der Waals surface area contributed by atoms with Gasteiger partial charge in [-0.3, -0.25) is 4.79 Å². The van der Waals surface area contributed by atoms with E-state index in [0.29, 0.717) is 0 Å². The third-order valence-electron chi connectivity index (χ3n) is 1.19. The minimum absolute atomic E-state index is 0.213. The summed E-state index contributed by atoms with van der Waals surface area (Å²) in [5.74, 6) is -0.804. The molecule has 0 aromatic rings. The number of carbonyl (C=O) groups is 2. The lowest BCUT2D eigenvalue weighted by atomic mass is 10.2. The van der Waals surface area contributed by atoms with Crippen LogP contribution in [0.4, 0.5) is 0 Å². The molecule has 1 amide bonds. The molecule has 0 saturated heterocycles. The van der Waals surface area contributed by atoms with E-state index in [1.54, 1.807) is 13.8 Å². The van der Waals surface area contributed by atoms with Gasteiger partial charge in [-0.05, 0) is 19.4 Å². The molecule has 0 aliphatic rings. The highest BCUT2D eigenvalue weighted by Gasteiger charge is 2.11. The average Bonchev–Trinajstić information content (AvgIpc) is 1.98. The average molecular weight is 171 g/mol. The Bertz CT molecular complexity index is 226. The molecular formula is C8H13NO3. The zero-order valence-corrected chi connectivity index (χ0v) is 7.72. The first-order chi connectivity index (χ1) is 5.49. The van der Waals surface area contributed by atoms with Crippen LogP contribution in [0.3, 0.4) is 0 Å². The summed E-state index contributed by atoms with van der Waals surface area (Å²) in [6.07, 6.45) is 0. The fraction of sp³-hybridized carbons (Fsp3) is 0.500. The van der Waals surface area contributed by atoms with E-state index in [2.05, 4.69) is 10.1 Å². The molecule has 0 aromatic carbocycles. The summed E-state index contributed by atoms with van der Waals surface area (Å²) in [6, 6.07) is 0. The van der Waals surface area contributed by atoms with Crippen LogP contribution in [0.25, 0.3) is 0 Å². The summed E-state index contributed by atoms with van der Waals surface area (Å²) in [5, 5.41) is 2.40. The molecule has 0 heterocycles. The lowest BCUT2D eigenvalue weighted by molar-refractivity contribution is -0.137. The highest BCUT2D eigenvalue weighted by molar-refractivity contribution is 5.93. The Balaban J connectivity index is 4.58. The largest absolute Gasteiger partial charge is 0.464 e. The van der Waals surface area contributed by atoms with Gasteiger partial charge in [0.15, 0.2) is 0 Å². The quantitative estimate of drug-likeness (QED) is 0.488. The van der Waals surface area contributed by atoms with E-state index in [-0.39, 0.29) is 11.6 Å². The third kappa shape index (κ3) is 3.18. The van der Waals surface area contributed by atoms with Crippen LogP contribution in [0, 0.1) is 0 Å². The van der Waals surface area contributed by atoms with E-state index >= 15 is 0 Å². The number of methoxy groups -OCH3 is 1. The first-order valence-corrected chi connectivity index (χ1v) is 3.52. The van der Waals surface area contributed by atoms with Gasteiger partial charge in [-0.25, -0.2) is 4.79 Å². The molecule has 4 nitrogen and oxygen atoms in total. The summed E-state index contributed by atoms with van der Waals surface area (Å²) < 4.78 is 4.46. The number of amides is 1. The predicted molar refractivity (Wildman–Crippen MR) is 44.2 cm³/mol. The van der Waals surface area contributed by atoms with Gasteiger partial charge < -0.3 is 10.1 Å². The van der Waals surface area contributed by atoms with Gasteiger partial charge in [-0.2, -0.15) is 0 Å². The van der Waals surface area contributed by atoms with Crippen molar-refractivity contribution < 1.29 is 14.3 Å². The summed E-state index contributed by atoms with van der Waals surface area (Å²) in [4.78, 5) is 21.6. The van der Waals surface area contributed by atoms with Gasteiger partial charge in [-0.1, -0.05) is 0 Å². The Kier molecular flexibility index (Phi) is 4.04. The van der Waals surface area contributed by atoms with Gasteiger partial charge >= 0.3 is 5.97 Å². The number of esters is 1. The normalized spacial score (nSPS) is 8.67. The Morgan fingerprint density at radius 2 is 1.67 bits per heavy atom. The van der Waals surface area contributed by atoms with E-state index in [4.69, 9.17) is 0 Å². The van der Waals surface area contributed by atoms with Crippen molar-refractivity contribution >= 4 is 11.9 Å². The number of rotatable bonds is 2. The molecule has 4 heteroatoms. The maximum atomic E-state index is 11.0. The highest BCUT2D eigenvalue weighted by atomic mass is 16.5. The molecule has 0 saturated carbocycles. The van der Waals surface area contributed by atoms with Gasteiger partial charge in [-0.15, -0.1) is 0 Å². The summed E-state index contributed by atoms with van der Waals surface area (Å²) >= 11 is 0. The second-order valence-electron chi connectivity index (χ2n) is 2.55. The Morgan fingerprint density at radius 1 is 1.17 bits per heavy atom. The predicted octanol–water partition coefficient (Wildman–Crippen LogP) is 0.589. The van der Waals surface area contributed by atoms with Crippen molar-refractivity contribution in [2.45, 2.75) is 20.8 Å². The molecular weight excluding hydrogens is 158 g/mol. The van der Waals surface area contributed by atoms with Crippen molar-refractivity contribution in [2.75, 3.05) is 7.11 Å². The third-order valence-corrected chi connectivity index (χ3v) is 1.19. The van der Waals surface area contributed by atoms with Crippen LogP contribution in [0.2, 0.25) is 0 Å². The van der Waals surface area contributed by atoms with E-state index in [0.717, 1.165) is 5.57 Å². The molecule has 1 N–H and O–H groups in total. The van der Waals surface area contributed by atoms with Crippen LogP contribution in [0.15, 0.2) is 11.3 Å². The Labute approximate surface area is 71.6 Å². The highest BCUT2D eigenvalue weighted by Crippen LogP contribution is 2.00. The smallest absolute Gasteiger partial charge is 0.354 e. The molecule has 0 rings (SSSR count). The number of ether oxygens (including phenoxy) is 1. The van der Waals surface area contributed by atoms with E-state index in [1.807, 2.05) is 0 Å². The van der Waals surface area contributed by atoms with Gasteiger partial charge in [0.05, 0.1) is 7.11 Å². The molecule has 0 atom stereocenters. The van der Waals surface area contributed by atoms with Crippen molar-refractivity contribution in [3.63, 3.8) is 0 Å². The van der Waals surface area contributed by atoms with Gasteiger partial charge in [0.2, 0.25) is 5.91 Å². The lowest BCUT2D eigenvalue weighted by Gasteiger charge is -2.06. The monoisotopic (exact) mass is 171 g/mol. The van der Waals surface area contributed by atoms with Crippen molar-refractivity contribution in [3.8, 4) is 0 Å². The molecule has 68 valence electrons. The summed E-state index contributed by atoms with van der Waals surface area (Å²) in [7, 11) is 1.27. The first-order valence-electron chi connectivity index (χ1n) is 3.52. The van der Waals surface area contributed by atoms with Crippen molar-refractivity contribution in [1.29, 1.82) is 0 Å². The number of hydrogen-bond acceptors (Lipinski definition) is 3. The van der Waals surface area contributed by atoms with Crippen LogP contribution < -0.4 is 5.32 Å². The van der Waals surface area contributed by atoms with E-state index < -0.39 is 5.97 Å². The van der Waals surface area contributed by atoms with Gasteiger partial charge in [0.1, 0.15) is 5.70 Å². The summed E-state index contributed by atoms with van der Waals surface area (Å²) in [5.41, 5.74) is 0.932. The molecule has 0 spiro atoms. The maximum absolute atomic E-state index is 11.0. The number of hydrogen-bond donors (Lipinski definition) is 1. The first kappa shape index (κ1) is 10.7. The van der Waals surface area contributed by atoms with Crippen molar-refractivity contribution in [2.24, 2.45) is 0 Å². The number of carbonyl (C=O) groups excluding carboxylic acids is 2. The minimum Gasteiger partial charge on any atom is -0.464 e. The lowest BCUT2D eigenvalue weighted by Crippen LogP contribution is -2.26. The van der Waals surface area contributed by atoms with Crippen LogP contribution in [0.5, 0.6) is 0 Å². The molecule has 0 aromatic heterocycles. The fourth-order valence-corrected chi connectivity index (χ4v) is 0.658. The molecule has 0 radical (unpaired) electrons. The van der Waals surface area contributed by atoms with E-state index in [9.17, 15) is 9.59 Å². The summed E-state index contributed by atoms with van der Waals surface area (Å²) in [6.45, 7) is 4.79. The van der Waals surface area contributed by atoms with Crippen LogP contribution >= 0.6 is 0 Å². The Hall–Kier alpha value is -1.32. The molecule has 0 fully saturated rings. The van der Waals surface area contributed by atoms with Gasteiger partial charge in [0, 0.05) is 6.92 Å². The standard InChI is InChI=1S/C8H13NO3/c1-5(2)7(8(11)12-4)9-6(3)10/h1-4H3,(H,9,10). The van der Waals surface area contributed by atoms with Gasteiger partial charge in [0.25, 0.3) is 0 Å². The van der Waals surface area contributed by atoms with Crippen LogP contribution in [0.1, 0.15) is 20.8 Å². The van der Waals surface area contributed by atoms with Crippen LogP contribution in [-0.4, -0.2) is 19.0 Å². The number of nitrogens with one attached hydrogen (secondary N) is 1. The van der Waals surface area contributed by atoms with Crippen molar-refractivity contribution in [1.82, 2.24) is 5.32 Å². The maximum Gasteiger partial charge on any atom is 0.354 e. The number of allylic oxidation sites excluding steroid dienone is 1. The zero-order chi connectivity index (χ0) is 9.72. The van der Waals surface area contributed by atoms with Crippen LogP contribution in [-0.2, 0) is 14.3 Å². The topological polar surface area (TPSA) is 55.4 Å². The SMILES string of the molecule is COC(=O)C(NC(C)=O)=C(C)C. The molecule has 0 unspecified atom stereocenters. The van der Waals surface area contributed by atoms with Crippen molar-refractivity contribution in [3.05, 3.63) is 11.3 Å². The fourth-order valence-electron chi connectivity index (χ4n) is 0.658. The molecule has 0 aliphatic carbocycles. The minimum atomic E-state index is -0.523. The molecule has 0 bridgehead atoms. The van der Waals surface area contributed by atoms with E-state index in [1.165, 1.54) is 14.0 Å².